The van der Waals surface area contributed by atoms with E-state index >= 15 is 0 Å². The second-order valence-electron chi connectivity index (χ2n) is 4.73. The molecule has 0 aliphatic carbocycles. The minimum atomic E-state index is -0.637. The molecule has 2 atom stereocenters. The van der Waals surface area contributed by atoms with Gasteiger partial charge in [-0.2, -0.15) is 0 Å². The summed E-state index contributed by atoms with van der Waals surface area (Å²) in [7, 11) is 0. The number of nitrogens with two attached hydrogens (primary N) is 1. The molecular formula is C9H19N3O3. The predicted octanol–water partition coefficient (Wildman–Crippen LogP) is -0.570. The average Bonchev–Trinajstić information content (AvgIpc) is 2.43. The molecule has 1 fully saturated rings. The van der Waals surface area contributed by atoms with Crippen molar-refractivity contribution in [3.05, 3.63) is 0 Å². The number of nitrogens with zero attached hydrogens (tertiary/aromatic N) is 1. The summed E-state index contributed by atoms with van der Waals surface area (Å²) in [4.78, 5) is 13.0. The molecule has 15 heavy (non-hydrogen) atoms. The predicted molar refractivity (Wildman–Crippen MR) is 54.9 cm³/mol. The van der Waals surface area contributed by atoms with E-state index in [9.17, 15) is 9.90 Å². The third-order valence-corrected chi connectivity index (χ3v) is 2.15. The average molecular weight is 217 g/mol. The van der Waals surface area contributed by atoms with Gasteiger partial charge in [0.05, 0.1) is 18.7 Å². The molecule has 0 saturated carbocycles. The highest BCUT2D eigenvalue weighted by Crippen LogP contribution is 2.15. The van der Waals surface area contributed by atoms with Crippen molar-refractivity contribution in [3.8, 4) is 0 Å². The smallest absolute Gasteiger partial charge is 0.410 e. The second-order valence-corrected chi connectivity index (χ2v) is 4.73. The fourth-order valence-electron chi connectivity index (χ4n) is 1.43. The molecule has 0 aromatic rings. The third kappa shape index (κ3) is 3.33. The molecule has 1 heterocycles. The quantitative estimate of drug-likeness (QED) is 0.404. The van der Waals surface area contributed by atoms with Crippen molar-refractivity contribution in [2.45, 2.75) is 38.5 Å². The van der Waals surface area contributed by atoms with Crippen molar-refractivity contribution in [1.82, 2.24) is 10.3 Å². The second kappa shape index (κ2) is 4.34. The molecule has 1 saturated heterocycles. The first-order valence-electron chi connectivity index (χ1n) is 4.95. The molecule has 0 radical (unpaired) electrons. The Labute approximate surface area is 89.3 Å². The van der Waals surface area contributed by atoms with Crippen LogP contribution in [0.1, 0.15) is 20.8 Å². The lowest BCUT2D eigenvalue weighted by molar-refractivity contribution is 0.0270. The van der Waals surface area contributed by atoms with E-state index in [2.05, 4.69) is 5.43 Å². The number of hydrazine groups is 1. The van der Waals surface area contributed by atoms with Gasteiger partial charge in [-0.1, -0.05) is 0 Å². The number of carbonyl (C=O) groups excluding carboxylic acids is 1. The topological polar surface area (TPSA) is 87.8 Å². The van der Waals surface area contributed by atoms with Crippen LogP contribution < -0.4 is 11.3 Å². The van der Waals surface area contributed by atoms with E-state index in [0.717, 1.165) is 0 Å². The number of ether oxygens (including phenoxy) is 1. The van der Waals surface area contributed by atoms with Crippen LogP contribution in [0, 0.1) is 0 Å². The van der Waals surface area contributed by atoms with Gasteiger partial charge in [-0.15, -0.1) is 0 Å². The number of aliphatic hydroxyl groups excluding tert-OH is 1. The first kappa shape index (κ1) is 12.2. The van der Waals surface area contributed by atoms with E-state index < -0.39 is 17.8 Å². The van der Waals surface area contributed by atoms with Crippen LogP contribution in [0.4, 0.5) is 4.79 Å². The SMILES string of the molecule is CC(C)(C)OC(=O)N1C[C@H](NN)[C@@H](O)C1. The van der Waals surface area contributed by atoms with E-state index in [4.69, 9.17) is 10.6 Å². The fraction of sp³-hybridized carbons (Fsp3) is 0.889. The Balaban J connectivity index is 2.50. The lowest BCUT2D eigenvalue weighted by atomic mass is 10.2. The first-order valence-corrected chi connectivity index (χ1v) is 4.95. The molecular weight excluding hydrogens is 198 g/mol. The molecule has 0 aromatic heterocycles. The fourth-order valence-corrected chi connectivity index (χ4v) is 1.43. The number of hydrogen-bond donors (Lipinski definition) is 3. The van der Waals surface area contributed by atoms with Gasteiger partial charge in [0.25, 0.3) is 0 Å². The molecule has 0 bridgehead atoms. The van der Waals surface area contributed by atoms with E-state index in [0.29, 0.717) is 6.54 Å². The normalized spacial score (nSPS) is 26.9. The van der Waals surface area contributed by atoms with Gasteiger partial charge in [0.15, 0.2) is 0 Å². The van der Waals surface area contributed by atoms with Crippen LogP contribution in [0.25, 0.3) is 0 Å². The summed E-state index contributed by atoms with van der Waals surface area (Å²) in [6, 6.07) is -0.280. The molecule has 1 aliphatic heterocycles. The summed E-state index contributed by atoms with van der Waals surface area (Å²) in [5, 5.41) is 9.51. The zero-order chi connectivity index (χ0) is 11.6. The Morgan fingerprint density at radius 2 is 2.13 bits per heavy atom. The summed E-state index contributed by atoms with van der Waals surface area (Å²) in [6.45, 7) is 6.03. The van der Waals surface area contributed by atoms with Gasteiger partial charge in [0.2, 0.25) is 0 Å². The van der Waals surface area contributed by atoms with Crippen LogP contribution in [0.2, 0.25) is 0 Å². The number of rotatable bonds is 1. The van der Waals surface area contributed by atoms with Crippen LogP contribution in [0.3, 0.4) is 0 Å². The highest BCUT2D eigenvalue weighted by molar-refractivity contribution is 5.68. The highest BCUT2D eigenvalue weighted by atomic mass is 16.6. The number of aliphatic hydroxyl groups is 1. The van der Waals surface area contributed by atoms with Crippen molar-refractivity contribution in [1.29, 1.82) is 0 Å². The number of nitrogens with one attached hydrogen (secondary N) is 1. The standard InChI is InChI=1S/C9H19N3O3/c1-9(2,3)15-8(14)12-4-6(11-10)7(13)5-12/h6-7,11,13H,4-5,10H2,1-3H3/t6-,7-/m0/s1. The minimum Gasteiger partial charge on any atom is -0.444 e. The van der Waals surface area contributed by atoms with Gasteiger partial charge in [-0.3, -0.25) is 11.3 Å². The van der Waals surface area contributed by atoms with Crippen molar-refractivity contribution in [2.24, 2.45) is 5.84 Å². The maximum atomic E-state index is 11.6. The maximum absolute atomic E-state index is 11.6. The Morgan fingerprint density at radius 1 is 1.53 bits per heavy atom. The first-order chi connectivity index (χ1) is 6.83. The van der Waals surface area contributed by atoms with Crippen LogP contribution in [-0.4, -0.2) is 46.9 Å². The molecule has 0 aromatic carbocycles. The molecule has 1 rings (SSSR count). The zero-order valence-corrected chi connectivity index (χ0v) is 9.36. The van der Waals surface area contributed by atoms with Gasteiger partial charge in [0, 0.05) is 6.54 Å². The van der Waals surface area contributed by atoms with Crippen molar-refractivity contribution >= 4 is 6.09 Å². The summed E-state index contributed by atoms with van der Waals surface area (Å²) < 4.78 is 5.17. The Bertz CT molecular complexity index is 239. The van der Waals surface area contributed by atoms with Gasteiger partial charge in [-0.25, -0.2) is 4.79 Å². The molecule has 0 spiro atoms. The van der Waals surface area contributed by atoms with Gasteiger partial charge in [0.1, 0.15) is 5.60 Å². The van der Waals surface area contributed by atoms with Crippen LogP contribution in [0.5, 0.6) is 0 Å². The minimum absolute atomic E-state index is 0.254. The van der Waals surface area contributed by atoms with Crippen molar-refractivity contribution in [3.63, 3.8) is 0 Å². The Kier molecular flexibility index (Phi) is 3.54. The molecule has 6 nitrogen and oxygen atoms in total. The number of likely N-dealkylation sites (tertiary alicyclic amines) is 1. The van der Waals surface area contributed by atoms with Crippen LogP contribution >= 0.6 is 0 Å². The number of β-amino-alcohol motifs (C(OH)–C–C–N with tert-alkyl or cyclic N) is 1. The zero-order valence-electron chi connectivity index (χ0n) is 9.36. The van der Waals surface area contributed by atoms with E-state index in [1.54, 1.807) is 20.8 Å². The number of amides is 1. The summed E-state index contributed by atoms with van der Waals surface area (Å²) in [5.74, 6) is 5.23. The largest absolute Gasteiger partial charge is 0.444 e. The number of carbonyl (C=O) groups is 1. The molecule has 1 aliphatic rings. The molecule has 0 unspecified atom stereocenters. The van der Waals surface area contributed by atoms with Crippen molar-refractivity contribution < 1.29 is 14.6 Å². The van der Waals surface area contributed by atoms with Crippen molar-refractivity contribution in [2.75, 3.05) is 13.1 Å². The summed E-state index contributed by atoms with van der Waals surface area (Å²) in [6.07, 6.45) is -1.05. The third-order valence-electron chi connectivity index (χ3n) is 2.15. The van der Waals surface area contributed by atoms with Crippen LogP contribution in [0.15, 0.2) is 0 Å². The molecule has 88 valence electrons. The van der Waals surface area contributed by atoms with Crippen LogP contribution in [-0.2, 0) is 4.74 Å². The van der Waals surface area contributed by atoms with Gasteiger partial charge in [-0.05, 0) is 20.8 Å². The Hall–Kier alpha value is -0.850. The lowest BCUT2D eigenvalue weighted by Crippen LogP contribution is -2.43. The monoisotopic (exact) mass is 217 g/mol. The van der Waals surface area contributed by atoms with E-state index in [-0.39, 0.29) is 12.6 Å². The molecule has 1 amide bonds. The number of hydrogen-bond acceptors (Lipinski definition) is 5. The maximum Gasteiger partial charge on any atom is 0.410 e. The lowest BCUT2D eigenvalue weighted by Gasteiger charge is -2.24. The summed E-state index contributed by atoms with van der Waals surface area (Å²) in [5.41, 5.74) is 1.94. The molecule has 4 N–H and O–H groups in total. The summed E-state index contributed by atoms with van der Waals surface area (Å²) >= 11 is 0. The van der Waals surface area contributed by atoms with E-state index in [1.165, 1.54) is 4.90 Å². The highest BCUT2D eigenvalue weighted by Gasteiger charge is 2.35. The van der Waals surface area contributed by atoms with E-state index in [1.807, 2.05) is 0 Å². The molecule has 6 heteroatoms. The Morgan fingerprint density at radius 3 is 2.53 bits per heavy atom. The van der Waals surface area contributed by atoms with Gasteiger partial charge < -0.3 is 14.7 Å². The van der Waals surface area contributed by atoms with Gasteiger partial charge >= 0.3 is 6.09 Å².